The van der Waals surface area contributed by atoms with Crippen LogP contribution in [0.4, 0.5) is 0 Å². The molecule has 0 aromatic rings. The summed E-state index contributed by atoms with van der Waals surface area (Å²) >= 11 is 0. The summed E-state index contributed by atoms with van der Waals surface area (Å²) in [4.78, 5) is 26.3. The lowest BCUT2D eigenvalue weighted by Crippen LogP contribution is -2.52. The third-order valence-electron chi connectivity index (χ3n) is 4.82. The molecule has 0 aromatic carbocycles. The fourth-order valence-electron chi connectivity index (χ4n) is 3.43. The summed E-state index contributed by atoms with van der Waals surface area (Å²) in [5, 5.41) is 12.9. The summed E-state index contributed by atoms with van der Waals surface area (Å²) in [6, 6.07) is -0.438. The van der Waals surface area contributed by atoms with Gasteiger partial charge in [0.2, 0.25) is 11.8 Å². The van der Waals surface area contributed by atoms with Crippen molar-refractivity contribution in [2.24, 2.45) is 5.92 Å². The Kier molecular flexibility index (Phi) is 3.96. The molecule has 1 unspecified atom stereocenters. The maximum atomic E-state index is 12.4. The third-order valence-corrected chi connectivity index (χ3v) is 4.82. The molecule has 3 rings (SSSR count). The first-order chi connectivity index (χ1) is 9.66. The summed E-state index contributed by atoms with van der Waals surface area (Å²) in [6.07, 6.45) is 6.88. The number of hydrogen-bond donors (Lipinski definition) is 2. The zero-order chi connectivity index (χ0) is 14.1. The number of nitrogens with zero attached hydrogens (tertiary/aromatic N) is 1. The molecule has 1 heterocycles. The van der Waals surface area contributed by atoms with E-state index in [-0.39, 0.29) is 29.8 Å². The van der Waals surface area contributed by atoms with Gasteiger partial charge in [-0.1, -0.05) is 12.8 Å². The van der Waals surface area contributed by atoms with Gasteiger partial charge in [-0.2, -0.15) is 0 Å². The highest BCUT2D eigenvalue weighted by molar-refractivity contribution is 5.90. The minimum atomic E-state index is -0.429. The minimum Gasteiger partial charge on any atom is -0.391 e. The van der Waals surface area contributed by atoms with Gasteiger partial charge in [0.15, 0.2) is 0 Å². The monoisotopic (exact) mass is 280 g/mol. The first kappa shape index (κ1) is 13.9. The number of aliphatic hydroxyl groups excluding tert-OH is 1. The van der Waals surface area contributed by atoms with Gasteiger partial charge in [0, 0.05) is 12.5 Å². The van der Waals surface area contributed by atoms with E-state index in [1.54, 1.807) is 4.90 Å². The molecule has 0 aromatic heterocycles. The van der Waals surface area contributed by atoms with Crippen LogP contribution >= 0.6 is 0 Å². The number of carbonyl (C=O) groups is 2. The van der Waals surface area contributed by atoms with Crippen molar-refractivity contribution in [3.63, 3.8) is 0 Å². The molecular formula is C15H24N2O3. The van der Waals surface area contributed by atoms with E-state index in [0.29, 0.717) is 6.54 Å². The van der Waals surface area contributed by atoms with Crippen LogP contribution in [-0.2, 0) is 9.59 Å². The van der Waals surface area contributed by atoms with Crippen LogP contribution in [0.5, 0.6) is 0 Å². The summed E-state index contributed by atoms with van der Waals surface area (Å²) in [5.74, 6) is 0.262. The molecule has 0 radical (unpaired) electrons. The van der Waals surface area contributed by atoms with Gasteiger partial charge in [0.25, 0.3) is 0 Å². The Balaban J connectivity index is 1.59. The molecule has 5 nitrogen and oxygen atoms in total. The first-order valence-corrected chi connectivity index (χ1v) is 7.96. The second kappa shape index (κ2) is 5.72. The van der Waals surface area contributed by atoms with E-state index in [1.165, 1.54) is 0 Å². The van der Waals surface area contributed by atoms with E-state index in [9.17, 15) is 14.7 Å². The quantitative estimate of drug-likeness (QED) is 0.803. The molecule has 3 fully saturated rings. The van der Waals surface area contributed by atoms with Gasteiger partial charge in [-0.3, -0.25) is 9.59 Å². The Hall–Kier alpha value is -1.10. The number of hydrogen-bond acceptors (Lipinski definition) is 3. The van der Waals surface area contributed by atoms with Crippen molar-refractivity contribution in [2.75, 3.05) is 6.54 Å². The zero-order valence-electron chi connectivity index (χ0n) is 11.9. The number of nitrogens with one attached hydrogen (secondary N) is 1. The van der Waals surface area contributed by atoms with Crippen molar-refractivity contribution in [1.82, 2.24) is 10.2 Å². The molecule has 5 heteroatoms. The van der Waals surface area contributed by atoms with Gasteiger partial charge >= 0.3 is 0 Å². The summed E-state index contributed by atoms with van der Waals surface area (Å²) in [5.41, 5.74) is 0. The van der Waals surface area contributed by atoms with E-state index >= 15 is 0 Å². The largest absolute Gasteiger partial charge is 0.391 e. The molecule has 3 atom stereocenters. The van der Waals surface area contributed by atoms with Gasteiger partial charge < -0.3 is 15.3 Å². The van der Waals surface area contributed by atoms with E-state index in [2.05, 4.69) is 5.32 Å². The Morgan fingerprint density at radius 2 is 1.75 bits per heavy atom. The standard InChI is InChI=1S/C15H24N2O3/c18-13-6-2-1-4-11(13)16-14(19)12-5-3-9-17(12)15(20)10-7-8-10/h10-13,18H,1-9H2,(H,16,19)/t11-,12?,13-/m0/s1. The Labute approximate surface area is 119 Å². The Morgan fingerprint density at radius 1 is 1.00 bits per heavy atom. The molecule has 0 spiro atoms. The van der Waals surface area contributed by atoms with Crippen molar-refractivity contribution in [3.05, 3.63) is 0 Å². The number of aliphatic hydroxyl groups is 1. The molecule has 2 amide bonds. The lowest BCUT2D eigenvalue weighted by atomic mass is 9.92. The van der Waals surface area contributed by atoms with E-state index in [0.717, 1.165) is 51.4 Å². The number of amides is 2. The predicted octanol–water partition coefficient (Wildman–Crippen LogP) is 0.807. The molecule has 3 aliphatic rings. The van der Waals surface area contributed by atoms with Crippen LogP contribution < -0.4 is 5.32 Å². The highest BCUT2D eigenvalue weighted by Gasteiger charge is 2.41. The predicted molar refractivity (Wildman–Crippen MR) is 73.9 cm³/mol. The lowest BCUT2D eigenvalue weighted by Gasteiger charge is -2.31. The van der Waals surface area contributed by atoms with Crippen molar-refractivity contribution in [1.29, 1.82) is 0 Å². The topological polar surface area (TPSA) is 69.6 Å². The highest BCUT2D eigenvalue weighted by atomic mass is 16.3. The third kappa shape index (κ3) is 2.82. The maximum Gasteiger partial charge on any atom is 0.243 e. The maximum absolute atomic E-state index is 12.4. The van der Waals surface area contributed by atoms with Crippen LogP contribution in [0.15, 0.2) is 0 Å². The van der Waals surface area contributed by atoms with Crippen molar-refractivity contribution in [3.8, 4) is 0 Å². The van der Waals surface area contributed by atoms with Gasteiger partial charge in [-0.15, -0.1) is 0 Å². The fourth-order valence-corrected chi connectivity index (χ4v) is 3.43. The molecule has 0 bridgehead atoms. The Morgan fingerprint density at radius 3 is 2.45 bits per heavy atom. The first-order valence-electron chi connectivity index (χ1n) is 7.96. The highest BCUT2D eigenvalue weighted by Crippen LogP contribution is 2.33. The normalized spacial score (nSPS) is 34.0. The van der Waals surface area contributed by atoms with Crippen molar-refractivity contribution >= 4 is 11.8 Å². The zero-order valence-corrected chi connectivity index (χ0v) is 11.9. The molecule has 112 valence electrons. The summed E-state index contributed by atoms with van der Waals surface area (Å²) < 4.78 is 0. The van der Waals surface area contributed by atoms with E-state index in [4.69, 9.17) is 0 Å². The van der Waals surface area contributed by atoms with Crippen LogP contribution in [0, 0.1) is 5.92 Å². The fraction of sp³-hybridized carbons (Fsp3) is 0.867. The van der Waals surface area contributed by atoms with Crippen LogP contribution in [0.3, 0.4) is 0 Å². The van der Waals surface area contributed by atoms with Gasteiger partial charge in [0.05, 0.1) is 12.1 Å². The van der Waals surface area contributed by atoms with Crippen LogP contribution in [0.25, 0.3) is 0 Å². The molecule has 1 aliphatic heterocycles. The molecule has 1 saturated heterocycles. The smallest absolute Gasteiger partial charge is 0.243 e. The second-order valence-electron chi connectivity index (χ2n) is 6.43. The molecule has 2 saturated carbocycles. The summed E-state index contributed by atoms with van der Waals surface area (Å²) in [7, 11) is 0. The lowest BCUT2D eigenvalue weighted by molar-refractivity contribution is -0.140. The van der Waals surface area contributed by atoms with Crippen LogP contribution in [0.2, 0.25) is 0 Å². The average molecular weight is 280 g/mol. The minimum absolute atomic E-state index is 0.0672. The molecule has 2 N–H and O–H groups in total. The van der Waals surface area contributed by atoms with Gasteiger partial charge in [-0.25, -0.2) is 0 Å². The van der Waals surface area contributed by atoms with Crippen molar-refractivity contribution in [2.45, 2.75) is 69.6 Å². The molecule has 2 aliphatic carbocycles. The number of carbonyl (C=O) groups excluding carboxylic acids is 2. The number of rotatable bonds is 3. The average Bonchev–Trinajstić information content (AvgIpc) is 3.17. The van der Waals surface area contributed by atoms with E-state index in [1.807, 2.05) is 0 Å². The second-order valence-corrected chi connectivity index (χ2v) is 6.43. The van der Waals surface area contributed by atoms with Crippen LogP contribution in [-0.4, -0.2) is 46.6 Å². The summed E-state index contributed by atoms with van der Waals surface area (Å²) in [6.45, 7) is 0.709. The number of likely N-dealkylation sites (tertiary alicyclic amines) is 1. The van der Waals surface area contributed by atoms with Crippen LogP contribution in [0.1, 0.15) is 51.4 Å². The molecule has 20 heavy (non-hydrogen) atoms. The SMILES string of the molecule is O=C(N[C@H]1CCCC[C@@H]1O)C1CCCN1C(=O)C1CC1. The van der Waals surface area contributed by atoms with E-state index < -0.39 is 6.10 Å². The molecular weight excluding hydrogens is 256 g/mol. The van der Waals surface area contributed by atoms with Gasteiger partial charge in [-0.05, 0) is 38.5 Å². The van der Waals surface area contributed by atoms with Crippen molar-refractivity contribution < 1.29 is 14.7 Å². The van der Waals surface area contributed by atoms with Gasteiger partial charge in [0.1, 0.15) is 6.04 Å². The Bertz CT molecular complexity index is 395.